The average molecular weight is 354 g/mol. The zero-order chi connectivity index (χ0) is 16.2. The molecule has 2 saturated heterocycles. The standard InChI is InChI=1S/C17H23N3O3.ClH/c18-15(12-7-10-23-11-8-12)16(21)19-14-6-9-20(17(14)22)13-4-2-1-3-5-13;/h1-5,12,14-15H,6-11,18H2,(H,19,21);1H. The van der Waals surface area contributed by atoms with E-state index in [1.54, 1.807) is 4.90 Å². The van der Waals surface area contributed by atoms with Crippen LogP contribution >= 0.6 is 12.4 Å². The van der Waals surface area contributed by atoms with E-state index in [2.05, 4.69) is 5.32 Å². The SMILES string of the molecule is Cl.NC(C(=O)NC1CCN(c2ccccc2)C1=O)C1CCOCC1. The molecule has 2 atom stereocenters. The largest absolute Gasteiger partial charge is 0.381 e. The molecular formula is C17H24ClN3O3. The van der Waals surface area contributed by atoms with Crippen molar-refractivity contribution in [1.29, 1.82) is 0 Å². The minimum absolute atomic E-state index is 0. The van der Waals surface area contributed by atoms with Crippen LogP contribution in [0.4, 0.5) is 5.69 Å². The lowest BCUT2D eigenvalue weighted by Crippen LogP contribution is -2.51. The van der Waals surface area contributed by atoms with Crippen molar-refractivity contribution in [2.75, 3.05) is 24.7 Å². The van der Waals surface area contributed by atoms with Crippen molar-refractivity contribution in [3.05, 3.63) is 30.3 Å². The molecule has 2 heterocycles. The van der Waals surface area contributed by atoms with Crippen LogP contribution in [0.15, 0.2) is 30.3 Å². The predicted octanol–water partition coefficient (Wildman–Crippen LogP) is 1.08. The number of hydrogen-bond donors (Lipinski definition) is 2. The Morgan fingerprint density at radius 2 is 1.88 bits per heavy atom. The van der Waals surface area contributed by atoms with Gasteiger partial charge in [0.05, 0.1) is 6.04 Å². The number of carbonyl (C=O) groups excluding carboxylic acids is 2. The number of nitrogens with two attached hydrogens (primary N) is 1. The molecule has 0 aliphatic carbocycles. The molecule has 24 heavy (non-hydrogen) atoms. The van der Waals surface area contributed by atoms with Crippen molar-refractivity contribution in [1.82, 2.24) is 5.32 Å². The summed E-state index contributed by atoms with van der Waals surface area (Å²) in [5.41, 5.74) is 6.93. The first kappa shape index (κ1) is 18.7. The fraction of sp³-hybridized carbons (Fsp3) is 0.529. The van der Waals surface area contributed by atoms with Gasteiger partial charge in [-0.3, -0.25) is 9.59 Å². The first-order valence-electron chi connectivity index (χ1n) is 8.17. The van der Waals surface area contributed by atoms with Gasteiger partial charge in [0.15, 0.2) is 0 Å². The van der Waals surface area contributed by atoms with Crippen molar-refractivity contribution < 1.29 is 14.3 Å². The number of hydrogen-bond acceptors (Lipinski definition) is 4. The summed E-state index contributed by atoms with van der Waals surface area (Å²) in [5, 5.41) is 2.83. The highest BCUT2D eigenvalue weighted by Crippen LogP contribution is 2.22. The number of halogens is 1. The van der Waals surface area contributed by atoms with Gasteiger partial charge in [-0.15, -0.1) is 12.4 Å². The summed E-state index contributed by atoms with van der Waals surface area (Å²) in [5.74, 6) is -0.167. The van der Waals surface area contributed by atoms with E-state index in [0.717, 1.165) is 18.5 Å². The van der Waals surface area contributed by atoms with E-state index >= 15 is 0 Å². The van der Waals surface area contributed by atoms with Crippen LogP contribution in [0, 0.1) is 5.92 Å². The molecule has 2 unspecified atom stereocenters. The van der Waals surface area contributed by atoms with Crippen LogP contribution in [-0.4, -0.2) is 43.7 Å². The lowest BCUT2D eigenvalue weighted by atomic mass is 9.91. The van der Waals surface area contributed by atoms with E-state index in [-0.39, 0.29) is 30.1 Å². The fourth-order valence-electron chi connectivity index (χ4n) is 3.24. The molecule has 6 nitrogen and oxygen atoms in total. The molecule has 2 fully saturated rings. The maximum absolute atomic E-state index is 12.5. The molecule has 7 heteroatoms. The molecule has 0 aromatic heterocycles. The van der Waals surface area contributed by atoms with Crippen LogP contribution in [0.5, 0.6) is 0 Å². The molecule has 3 rings (SSSR count). The Kier molecular flexibility index (Phi) is 6.60. The molecule has 0 saturated carbocycles. The van der Waals surface area contributed by atoms with Crippen molar-refractivity contribution in [3.8, 4) is 0 Å². The summed E-state index contributed by atoms with van der Waals surface area (Å²) in [4.78, 5) is 26.5. The summed E-state index contributed by atoms with van der Waals surface area (Å²) < 4.78 is 5.30. The van der Waals surface area contributed by atoms with Crippen LogP contribution in [0.3, 0.4) is 0 Å². The van der Waals surface area contributed by atoms with Gasteiger partial charge in [-0.1, -0.05) is 18.2 Å². The summed E-state index contributed by atoms with van der Waals surface area (Å²) in [6.45, 7) is 1.91. The average Bonchev–Trinajstić information content (AvgIpc) is 2.96. The van der Waals surface area contributed by atoms with E-state index in [1.165, 1.54) is 0 Å². The zero-order valence-electron chi connectivity index (χ0n) is 13.5. The maximum Gasteiger partial charge on any atom is 0.249 e. The number of para-hydroxylation sites is 1. The van der Waals surface area contributed by atoms with E-state index in [4.69, 9.17) is 10.5 Å². The quantitative estimate of drug-likeness (QED) is 0.848. The van der Waals surface area contributed by atoms with E-state index in [9.17, 15) is 9.59 Å². The minimum Gasteiger partial charge on any atom is -0.381 e. The number of ether oxygens (including phenoxy) is 1. The third-order valence-corrected chi connectivity index (χ3v) is 4.67. The second-order valence-electron chi connectivity index (χ2n) is 6.15. The molecule has 0 radical (unpaired) electrons. The number of benzene rings is 1. The maximum atomic E-state index is 12.5. The molecule has 3 N–H and O–H groups in total. The number of carbonyl (C=O) groups is 2. The second-order valence-corrected chi connectivity index (χ2v) is 6.15. The molecule has 132 valence electrons. The van der Waals surface area contributed by atoms with Crippen molar-refractivity contribution in [3.63, 3.8) is 0 Å². The Bertz CT molecular complexity index is 563. The highest BCUT2D eigenvalue weighted by Gasteiger charge is 2.35. The van der Waals surface area contributed by atoms with E-state index < -0.39 is 12.1 Å². The Morgan fingerprint density at radius 1 is 1.21 bits per heavy atom. The Morgan fingerprint density at radius 3 is 2.54 bits per heavy atom. The second kappa shape index (κ2) is 8.46. The third-order valence-electron chi connectivity index (χ3n) is 4.67. The molecule has 1 aromatic carbocycles. The van der Waals surface area contributed by atoms with Crippen molar-refractivity contribution in [2.45, 2.75) is 31.3 Å². The molecule has 0 bridgehead atoms. The Balaban J connectivity index is 0.00000208. The van der Waals surface area contributed by atoms with Crippen molar-refractivity contribution in [2.24, 2.45) is 11.7 Å². The molecule has 2 amide bonds. The third kappa shape index (κ3) is 4.06. The topological polar surface area (TPSA) is 84.7 Å². The predicted molar refractivity (Wildman–Crippen MR) is 94.1 cm³/mol. The first-order chi connectivity index (χ1) is 11.2. The van der Waals surface area contributed by atoms with Gasteiger partial charge in [-0.25, -0.2) is 0 Å². The van der Waals surface area contributed by atoms with Crippen LogP contribution in [0.1, 0.15) is 19.3 Å². The van der Waals surface area contributed by atoms with Gasteiger partial charge < -0.3 is 20.7 Å². The Labute approximate surface area is 148 Å². The van der Waals surface area contributed by atoms with Crippen LogP contribution < -0.4 is 16.0 Å². The normalized spacial score (nSPS) is 22.8. The molecule has 1 aromatic rings. The highest BCUT2D eigenvalue weighted by molar-refractivity contribution is 6.01. The lowest BCUT2D eigenvalue weighted by molar-refractivity contribution is -0.128. The van der Waals surface area contributed by atoms with E-state index in [1.807, 2.05) is 30.3 Å². The first-order valence-corrected chi connectivity index (χ1v) is 8.17. The summed E-state index contributed by atoms with van der Waals surface area (Å²) in [6, 6.07) is 8.46. The Hall–Kier alpha value is -1.63. The summed E-state index contributed by atoms with van der Waals surface area (Å²) in [6.07, 6.45) is 2.20. The zero-order valence-corrected chi connectivity index (χ0v) is 14.3. The number of amides is 2. The number of nitrogens with zero attached hydrogens (tertiary/aromatic N) is 1. The van der Waals surface area contributed by atoms with Crippen LogP contribution in [0.25, 0.3) is 0 Å². The fourth-order valence-corrected chi connectivity index (χ4v) is 3.24. The van der Waals surface area contributed by atoms with Crippen molar-refractivity contribution >= 4 is 29.9 Å². The highest BCUT2D eigenvalue weighted by atomic mass is 35.5. The number of anilines is 1. The van der Waals surface area contributed by atoms with Gasteiger partial charge in [0, 0.05) is 25.4 Å². The van der Waals surface area contributed by atoms with Gasteiger partial charge in [0.25, 0.3) is 0 Å². The van der Waals surface area contributed by atoms with E-state index in [0.29, 0.717) is 26.2 Å². The van der Waals surface area contributed by atoms with Gasteiger partial charge in [-0.2, -0.15) is 0 Å². The van der Waals surface area contributed by atoms with Gasteiger partial charge >= 0.3 is 0 Å². The molecule has 2 aliphatic rings. The van der Waals surface area contributed by atoms with Gasteiger partial charge in [0.1, 0.15) is 6.04 Å². The monoisotopic (exact) mass is 353 g/mol. The van der Waals surface area contributed by atoms with Crippen LogP contribution in [-0.2, 0) is 14.3 Å². The van der Waals surface area contributed by atoms with Gasteiger partial charge in [0.2, 0.25) is 11.8 Å². The number of rotatable bonds is 4. The molecular weight excluding hydrogens is 330 g/mol. The van der Waals surface area contributed by atoms with Crippen LogP contribution in [0.2, 0.25) is 0 Å². The minimum atomic E-state index is -0.572. The summed E-state index contributed by atoms with van der Waals surface area (Å²) in [7, 11) is 0. The summed E-state index contributed by atoms with van der Waals surface area (Å²) >= 11 is 0. The number of nitrogens with one attached hydrogen (secondary N) is 1. The molecule has 2 aliphatic heterocycles. The lowest BCUT2D eigenvalue weighted by Gasteiger charge is -2.27. The molecule has 0 spiro atoms. The smallest absolute Gasteiger partial charge is 0.249 e. The van der Waals surface area contributed by atoms with Gasteiger partial charge in [-0.05, 0) is 37.3 Å².